The van der Waals surface area contributed by atoms with Gasteiger partial charge in [-0.25, -0.2) is 0 Å². The molecule has 0 saturated carbocycles. The maximum absolute atomic E-state index is 13.0. The van der Waals surface area contributed by atoms with Crippen molar-refractivity contribution in [1.82, 2.24) is 10.2 Å². The average Bonchev–Trinajstić information content (AvgIpc) is 2.74. The highest BCUT2D eigenvalue weighted by atomic mass is 16.5. The van der Waals surface area contributed by atoms with Crippen LogP contribution in [0, 0.1) is 0 Å². The summed E-state index contributed by atoms with van der Waals surface area (Å²) in [5, 5.41) is 11.8. The molecule has 0 heterocycles. The van der Waals surface area contributed by atoms with Crippen molar-refractivity contribution in [3.63, 3.8) is 0 Å². The van der Waals surface area contributed by atoms with E-state index in [9.17, 15) is 9.59 Å². The van der Waals surface area contributed by atoms with Crippen LogP contribution in [0.4, 0.5) is 0 Å². The van der Waals surface area contributed by atoms with Crippen molar-refractivity contribution in [2.45, 2.75) is 32.4 Å². The van der Waals surface area contributed by atoms with Gasteiger partial charge in [0.25, 0.3) is 0 Å². The molecule has 2 N–H and O–H groups in total. The second-order valence-electron chi connectivity index (χ2n) is 6.40. The summed E-state index contributed by atoms with van der Waals surface area (Å²) in [6, 6.07) is 16.0. The Morgan fingerprint density at radius 1 is 1.11 bits per heavy atom. The van der Waals surface area contributed by atoms with Crippen molar-refractivity contribution < 1.29 is 19.4 Å². The van der Waals surface area contributed by atoms with Gasteiger partial charge in [0.15, 0.2) is 0 Å². The number of nitrogens with one attached hydrogen (secondary N) is 1. The van der Waals surface area contributed by atoms with E-state index in [1.165, 1.54) is 0 Å². The fourth-order valence-electron chi connectivity index (χ4n) is 2.95. The zero-order valence-corrected chi connectivity index (χ0v) is 16.4. The van der Waals surface area contributed by atoms with E-state index >= 15 is 0 Å². The lowest BCUT2D eigenvalue weighted by atomic mass is 10.0. The maximum Gasteiger partial charge on any atom is 0.247 e. The number of amides is 2. The molecule has 0 aliphatic rings. The number of rotatable bonds is 10. The monoisotopic (exact) mass is 384 g/mol. The van der Waals surface area contributed by atoms with Crippen LogP contribution in [0.25, 0.3) is 0 Å². The van der Waals surface area contributed by atoms with Gasteiger partial charge in [0.05, 0.1) is 7.11 Å². The van der Waals surface area contributed by atoms with Crippen LogP contribution in [0.2, 0.25) is 0 Å². The number of ether oxygens (including phenoxy) is 1. The third-order valence-corrected chi connectivity index (χ3v) is 4.44. The second-order valence-corrected chi connectivity index (χ2v) is 6.40. The van der Waals surface area contributed by atoms with Gasteiger partial charge in [0.1, 0.15) is 11.8 Å². The number of benzene rings is 2. The van der Waals surface area contributed by atoms with Gasteiger partial charge in [-0.1, -0.05) is 49.4 Å². The van der Waals surface area contributed by atoms with Gasteiger partial charge in [0.2, 0.25) is 11.8 Å². The van der Waals surface area contributed by atoms with Crippen molar-refractivity contribution in [1.29, 1.82) is 0 Å². The van der Waals surface area contributed by atoms with Crippen molar-refractivity contribution in [3.8, 4) is 5.75 Å². The van der Waals surface area contributed by atoms with E-state index in [1.54, 1.807) is 18.9 Å². The maximum atomic E-state index is 13.0. The molecule has 0 aliphatic heterocycles. The Kier molecular flexibility index (Phi) is 8.49. The summed E-state index contributed by atoms with van der Waals surface area (Å²) < 4.78 is 5.19. The van der Waals surface area contributed by atoms with Crippen molar-refractivity contribution >= 4 is 11.8 Å². The van der Waals surface area contributed by atoms with Gasteiger partial charge < -0.3 is 20.1 Å². The highest BCUT2D eigenvalue weighted by molar-refractivity contribution is 5.88. The molecule has 6 heteroatoms. The Labute approximate surface area is 166 Å². The van der Waals surface area contributed by atoms with Crippen LogP contribution in [-0.4, -0.2) is 42.1 Å². The number of nitrogens with zero attached hydrogens (tertiary/aromatic N) is 1. The van der Waals surface area contributed by atoms with Crippen molar-refractivity contribution in [3.05, 3.63) is 65.7 Å². The number of hydrogen-bond donors (Lipinski definition) is 2. The lowest BCUT2D eigenvalue weighted by Gasteiger charge is -2.31. The molecule has 0 saturated heterocycles. The van der Waals surface area contributed by atoms with E-state index in [4.69, 9.17) is 9.84 Å². The number of carbonyl (C=O) groups excluding carboxylic acids is 2. The van der Waals surface area contributed by atoms with Crippen LogP contribution < -0.4 is 10.1 Å². The summed E-state index contributed by atoms with van der Waals surface area (Å²) in [6.07, 6.45) is 0.761. The predicted molar refractivity (Wildman–Crippen MR) is 108 cm³/mol. The molecule has 150 valence electrons. The third kappa shape index (κ3) is 5.82. The largest absolute Gasteiger partial charge is 0.497 e. The summed E-state index contributed by atoms with van der Waals surface area (Å²) in [6.45, 7) is 2.45. The SMILES string of the molecule is CCC(=O)N(Cc1ccc(OC)cc1)[C@@H](C(=O)NCCCO)c1ccccc1. The first kappa shape index (κ1) is 21.4. The number of hydrogen-bond acceptors (Lipinski definition) is 4. The minimum atomic E-state index is -0.741. The Morgan fingerprint density at radius 2 is 1.79 bits per heavy atom. The minimum Gasteiger partial charge on any atom is -0.497 e. The molecule has 0 unspecified atom stereocenters. The highest BCUT2D eigenvalue weighted by Gasteiger charge is 2.30. The molecule has 0 aromatic heterocycles. The topological polar surface area (TPSA) is 78.9 Å². The van der Waals surface area contributed by atoms with E-state index in [-0.39, 0.29) is 18.4 Å². The van der Waals surface area contributed by atoms with E-state index in [1.807, 2.05) is 54.6 Å². The highest BCUT2D eigenvalue weighted by Crippen LogP contribution is 2.25. The first-order valence-corrected chi connectivity index (χ1v) is 9.46. The molecular formula is C22H28N2O4. The zero-order valence-electron chi connectivity index (χ0n) is 16.4. The van der Waals surface area contributed by atoms with Gasteiger partial charge >= 0.3 is 0 Å². The quantitative estimate of drug-likeness (QED) is 0.618. The van der Waals surface area contributed by atoms with Crippen molar-refractivity contribution in [2.24, 2.45) is 0 Å². The van der Waals surface area contributed by atoms with Crippen LogP contribution in [0.15, 0.2) is 54.6 Å². The summed E-state index contributed by atoms with van der Waals surface area (Å²) in [5.74, 6) is 0.371. The number of aliphatic hydroxyl groups is 1. The minimum absolute atomic E-state index is 0.000261. The second kappa shape index (κ2) is 11.1. The average molecular weight is 384 g/mol. The fraction of sp³-hybridized carbons (Fsp3) is 0.364. The number of aliphatic hydroxyl groups excluding tert-OH is 1. The Balaban J connectivity index is 2.34. The molecule has 2 amide bonds. The van der Waals surface area contributed by atoms with Gasteiger partial charge in [-0.3, -0.25) is 9.59 Å². The molecule has 0 aliphatic carbocycles. The summed E-state index contributed by atoms with van der Waals surface area (Å²) in [4.78, 5) is 27.3. The molecule has 0 fully saturated rings. The first-order valence-electron chi connectivity index (χ1n) is 9.46. The molecule has 2 aromatic carbocycles. The third-order valence-electron chi connectivity index (χ3n) is 4.44. The normalized spacial score (nSPS) is 11.5. The van der Waals surface area contributed by atoms with Crippen LogP contribution in [0.3, 0.4) is 0 Å². The van der Waals surface area contributed by atoms with E-state index in [0.29, 0.717) is 25.9 Å². The molecule has 28 heavy (non-hydrogen) atoms. The smallest absolute Gasteiger partial charge is 0.247 e. The lowest BCUT2D eigenvalue weighted by Crippen LogP contribution is -2.43. The van der Waals surface area contributed by atoms with Crippen LogP contribution in [0.5, 0.6) is 5.75 Å². The summed E-state index contributed by atoms with van der Waals surface area (Å²) >= 11 is 0. The van der Waals surface area contributed by atoms with E-state index in [0.717, 1.165) is 16.9 Å². The van der Waals surface area contributed by atoms with Gasteiger partial charge in [-0.05, 0) is 29.7 Å². The fourth-order valence-corrected chi connectivity index (χ4v) is 2.95. The molecule has 2 aromatic rings. The van der Waals surface area contributed by atoms with Crippen LogP contribution in [0.1, 0.15) is 36.9 Å². The Morgan fingerprint density at radius 3 is 2.36 bits per heavy atom. The molecule has 0 bridgehead atoms. The predicted octanol–water partition coefficient (Wildman–Crippen LogP) is 2.67. The Bertz CT molecular complexity index is 747. The molecular weight excluding hydrogens is 356 g/mol. The van der Waals surface area contributed by atoms with Gasteiger partial charge in [-0.2, -0.15) is 0 Å². The van der Waals surface area contributed by atoms with Gasteiger partial charge in [0, 0.05) is 26.1 Å². The first-order chi connectivity index (χ1) is 13.6. The zero-order chi connectivity index (χ0) is 20.4. The molecule has 0 radical (unpaired) electrons. The molecule has 0 spiro atoms. The number of carbonyl (C=O) groups is 2. The van der Waals surface area contributed by atoms with Gasteiger partial charge in [-0.15, -0.1) is 0 Å². The van der Waals surface area contributed by atoms with Crippen LogP contribution in [-0.2, 0) is 16.1 Å². The standard InChI is InChI=1S/C22H28N2O4/c1-3-20(26)24(16-17-10-12-19(28-2)13-11-17)21(18-8-5-4-6-9-18)22(27)23-14-7-15-25/h4-6,8-13,21,25H,3,7,14-16H2,1-2H3,(H,23,27)/t21-/m1/s1. The molecule has 6 nitrogen and oxygen atoms in total. The number of methoxy groups -OCH3 is 1. The van der Waals surface area contributed by atoms with E-state index < -0.39 is 6.04 Å². The lowest BCUT2D eigenvalue weighted by molar-refractivity contribution is -0.141. The van der Waals surface area contributed by atoms with E-state index in [2.05, 4.69) is 5.32 Å². The summed E-state index contributed by atoms with van der Waals surface area (Å²) in [7, 11) is 1.60. The van der Waals surface area contributed by atoms with Crippen molar-refractivity contribution in [2.75, 3.05) is 20.3 Å². The Hall–Kier alpha value is -2.86. The molecule has 2 rings (SSSR count). The van der Waals surface area contributed by atoms with Crippen LogP contribution >= 0.6 is 0 Å². The molecule has 1 atom stereocenters. The summed E-state index contributed by atoms with van der Waals surface area (Å²) in [5.41, 5.74) is 1.66.